The molecule has 0 N–H and O–H groups in total. The fourth-order valence-electron chi connectivity index (χ4n) is 2.53. The SMILES string of the molecule is COCCCN(C)C(=O)c1ccc(Cl)c(S(=O)(=O)N2CCOCC2)c1. The molecule has 1 heterocycles. The minimum absolute atomic E-state index is 0.0489. The second kappa shape index (κ2) is 8.95. The quantitative estimate of drug-likeness (QED) is 0.659. The van der Waals surface area contributed by atoms with Gasteiger partial charge in [-0.2, -0.15) is 4.31 Å². The van der Waals surface area contributed by atoms with Crippen LogP contribution >= 0.6 is 11.6 Å². The molecule has 1 amide bonds. The number of hydrogen-bond acceptors (Lipinski definition) is 5. The van der Waals surface area contributed by atoms with Crippen molar-refractivity contribution < 1.29 is 22.7 Å². The summed E-state index contributed by atoms with van der Waals surface area (Å²) in [4.78, 5) is 14.0. The van der Waals surface area contributed by atoms with Crippen LogP contribution in [0.5, 0.6) is 0 Å². The smallest absolute Gasteiger partial charge is 0.253 e. The van der Waals surface area contributed by atoms with Crippen LogP contribution in [0.2, 0.25) is 5.02 Å². The first-order valence-electron chi connectivity index (χ1n) is 7.99. The number of morpholine rings is 1. The summed E-state index contributed by atoms with van der Waals surface area (Å²) in [5.74, 6) is -0.258. The molecule has 1 aromatic carbocycles. The summed E-state index contributed by atoms with van der Waals surface area (Å²) in [5.41, 5.74) is 0.288. The fraction of sp³-hybridized carbons (Fsp3) is 0.562. The first-order valence-corrected chi connectivity index (χ1v) is 9.81. The zero-order valence-electron chi connectivity index (χ0n) is 14.4. The number of methoxy groups -OCH3 is 1. The molecule has 0 aliphatic carbocycles. The number of benzene rings is 1. The zero-order valence-corrected chi connectivity index (χ0v) is 16.0. The van der Waals surface area contributed by atoms with Crippen LogP contribution in [0.15, 0.2) is 23.1 Å². The van der Waals surface area contributed by atoms with Crippen molar-refractivity contribution in [2.24, 2.45) is 0 Å². The maximum Gasteiger partial charge on any atom is 0.253 e. The summed E-state index contributed by atoms with van der Waals surface area (Å²) >= 11 is 6.11. The van der Waals surface area contributed by atoms with Gasteiger partial charge in [0.15, 0.2) is 0 Å². The molecule has 1 aromatic rings. The van der Waals surface area contributed by atoms with Gasteiger partial charge < -0.3 is 14.4 Å². The molecule has 0 bridgehead atoms. The van der Waals surface area contributed by atoms with Crippen molar-refractivity contribution in [3.8, 4) is 0 Å². The van der Waals surface area contributed by atoms with Crippen LogP contribution < -0.4 is 0 Å². The highest BCUT2D eigenvalue weighted by molar-refractivity contribution is 7.89. The molecule has 0 radical (unpaired) electrons. The lowest BCUT2D eigenvalue weighted by molar-refractivity contribution is 0.0730. The minimum Gasteiger partial charge on any atom is -0.385 e. The lowest BCUT2D eigenvalue weighted by Gasteiger charge is -2.26. The average Bonchev–Trinajstić information content (AvgIpc) is 2.62. The molecule has 0 spiro atoms. The van der Waals surface area contributed by atoms with Crippen LogP contribution in [0.1, 0.15) is 16.8 Å². The Hall–Kier alpha value is -1.19. The average molecular weight is 391 g/mol. The van der Waals surface area contributed by atoms with Gasteiger partial charge in [0.1, 0.15) is 4.90 Å². The van der Waals surface area contributed by atoms with E-state index in [9.17, 15) is 13.2 Å². The number of sulfonamides is 1. The summed E-state index contributed by atoms with van der Waals surface area (Å²) in [5, 5.41) is 0.102. The van der Waals surface area contributed by atoms with Gasteiger partial charge in [-0.1, -0.05) is 11.6 Å². The number of nitrogens with zero attached hydrogens (tertiary/aromatic N) is 2. The van der Waals surface area contributed by atoms with E-state index in [2.05, 4.69) is 0 Å². The molecule has 9 heteroatoms. The number of ether oxygens (including phenoxy) is 2. The standard InChI is InChI=1S/C16H23ClN2O5S/c1-18(6-3-9-23-2)16(20)13-4-5-14(17)15(12-13)25(21,22)19-7-10-24-11-8-19/h4-5,12H,3,6-11H2,1-2H3. The Labute approximate surface area is 153 Å². The van der Waals surface area contributed by atoms with Crippen molar-refractivity contribution in [2.45, 2.75) is 11.3 Å². The highest BCUT2D eigenvalue weighted by Gasteiger charge is 2.29. The number of carbonyl (C=O) groups is 1. The Morgan fingerprint density at radius 1 is 1.36 bits per heavy atom. The van der Waals surface area contributed by atoms with Gasteiger partial charge >= 0.3 is 0 Å². The van der Waals surface area contributed by atoms with Crippen LogP contribution in [0, 0.1) is 0 Å². The Morgan fingerprint density at radius 3 is 2.68 bits per heavy atom. The van der Waals surface area contributed by atoms with E-state index >= 15 is 0 Å². The summed E-state index contributed by atoms with van der Waals surface area (Å²) < 4.78 is 37.1. The first-order chi connectivity index (χ1) is 11.9. The highest BCUT2D eigenvalue weighted by Crippen LogP contribution is 2.27. The molecule has 1 aliphatic rings. The third-order valence-electron chi connectivity index (χ3n) is 3.95. The molecule has 2 rings (SSSR count). The Bertz CT molecular complexity index is 704. The lowest BCUT2D eigenvalue weighted by atomic mass is 10.2. The summed E-state index contributed by atoms with van der Waals surface area (Å²) in [6.45, 7) is 2.30. The van der Waals surface area contributed by atoms with Gasteiger partial charge in [-0.15, -0.1) is 0 Å². The van der Waals surface area contributed by atoms with E-state index in [4.69, 9.17) is 21.1 Å². The van der Waals surface area contributed by atoms with Crippen LogP contribution in [-0.4, -0.2) is 77.1 Å². The Morgan fingerprint density at radius 2 is 2.04 bits per heavy atom. The number of rotatable bonds is 7. The number of carbonyl (C=O) groups excluding carboxylic acids is 1. The Balaban J connectivity index is 2.23. The van der Waals surface area contributed by atoms with Crippen molar-refractivity contribution in [1.82, 2.24) is 9.21 Å². The highest BCUT2D eigenvalue weighted by atomic mass is 35.5. The first kappa shape index (κ1) is 20.1. The van der Waals surface area contributed by atoms with E-state index in [-0.39, 0.29) is 34.5 Å². The van der Waals surface area contributed by atoms with Gasteiger partial charge in [0, 0.05) is 46.0 Å². The molecule has 1 saturated heterocycles. The van der Waals surface area contributed by atoms with Gasteiger partial charge in [0.05, 0.1) is 18.2 Å². The van der Waals surface area contributed by atoms with Crippen LogP contribution in [0.3, 0.4) is 0 Å². The second-order valence-corrected chi connectivity index (χ2v) is 8.05. The van der Waals surface area contributed by atoms with Crippen LogP contribution in [0.4, 0.5) is 0 Å². The lowest BCUT2D eigenvalue weighted by Crippen LogP contribution is -2.40. The van der Waals surface area contributed by atoms with Crippen molar-refractivity contribution in [1.29, 1.82) is 0 Å². The van der Waals surface area contributed by atoms with E-state index in [1.54, 1.807) is 14.2 Å². The molecule has 1 fully saturated rings. The minimum atomic E-state index is -3.76. The Kier molecular flexibility index (Phi) is 7.21. The monoisotopic (exact) mass is 390 g/mol. The van der Waals surface area contributed by atoms with Crippen LogP contribution in [-0.2, 0) is 19.5 Å². The predicted molar refractivity (Wildman–Crippen MR) is 94.5 cm³/mol. The topological polar surface area (TPSA) is 76.2 Å². The molecular weight excluding hydrogens is 368 g/mol. The van der Waals surface area contributed by atoms with Crippen molar-refractivity contribution in [3.05, 3.63) is 28.8 Å². The second-order valence-electron chi connectivity index (χ2n) is 5.73. The molecule has 1 aliphatic heterocycles. The molecule has 25 heavy (non-hydrogen) atoms. The molecule has 0 aromatic heterocycles. The number of amides is 1. The van der Waals surface area contributed by atoms with E-state index < -0.39 is 10.0 Å². The fourth-order valence-corrected chi connectivity index (χ4v) is 4.44. The molecule has 0 unspecified atom stereocenters. The van der Waals surface area contributed by atoms with E-state index in [0.29, 0.717) is 32.8 Å². The van der Waals surface area contributed by atoms with Gasteiger partial charge in [-0.05, 0) is 24.6 Å². The number of hydrogen-bond donors (Lipinski definition) is 0. The van der Waals surface area contributed by atoms with E-state index in [0.717, 1.165) is 0 Å². The summed E-state index contributed by atoms with van der Waals surface area (Å²) in [7, 11) is -0.494. The van der Waals surface area contributed by atoms with Crippen molar-refractivity contribution in [3.63, 3.8) is 0 Å². The van der Waals surface area contributed by atoms with Gasteiger partial charge in [-0.3, -0.25) is 4.79 Å². The molecule has 0 saturated carbocycles. The van der Waals surface area contributed by atoms with Gasteiger partial charge in [0.25, 0.3) is 5.91 Å². The largest absolute Gasteiger partial charge is 0.385 e. The maximum atomic E-state index is 12.8. The van der Waals surface area contributed by atoms with E-state index in [1.165, 1.54) is 27.4 Å². The summed E-state index contributed by atoms with van der Waals surface area (Å²) in [6.07, 6.45) is 0.700. The maximum absolute atomic E-state index is 12.8. The van der Waals surface area contributed by atoms with Crippen molar-refractivity contribution in [2.75, 3.05) is 53.6 Å². The van der Waals surface area contributed by atoms with Gasteiger partial charge in [-0.25, -0.2) is 8.42 Å². The zero-order chi connectivity index (χ0) is 18.4. The van der Waals surface area contributed by atoms with Crippen LogP contribution in [0.25, 0.3) is 0 Å². The van der Waals surface area contributed by atoms with Crippen molar-refractivity contribution >= 4 is 27.5 Å². The normalized spacial score (nSPS) is 16.0. The predicted octanol–water partition coefficient (Wildman–Crippen LogP) is 1.47. The van der Waals surface area contributed by atoms with Gasteiger partial charge in [0.2, 0.25) is 10.0 Å². The molecule has 0 atom stereocenters. The third kappa shape index (κ3) is 4.92. The summed E-state index contributed by atoms with van der Waals surface area (Å²) in [6, 6.07) is 4.34. The number of halogens is 1. The molecular formula is C16H23ClN2O5S. The third-order valence-corrected chi connectivity index (χ3v) is 6.33. The molecule has 7 nitrogen and oxygen atoms in total. The van der Waals surface area contributed by atoms with E-state index in [1.807, 2.05) is 0 Å². The molecule has 140 valence electrons.